The third-order valence-corrected chi connectivity index (χ3v) is 6.01. The van der Waals surface area contributed by atoms with Crippen LogP contribution in [0.15, 0.2) is 4.52 Å². The van der Waals surface area contributed by atoms with Crippen molar-refractivity contribution in [3.8, 4) is 0 Å². The van der Waals surface area contributed by atoms with Crippen molar-refractivity contribution in [2.75, 3.05) is 17.3 Å². The molecule has 7 nitrogen and oxygen atoms in total. The van der Waals surface area contributed by atoms with E-state index < -0.39 is 6.04 Å². The van der Waals surface area contributed by atoms with Gasteiger partial charge in [0.05, 0.1) is 11.8 Å². The van der Waals surface area contributed by atoms with Crippen molar-refractivity contribution in [2.24, 2.45) is 11.8 Å². The summed E-state index contributed by atoms with van der Waals surface area (Å²) in [6, 6.07) is -0.790. The molecule has 1 saturated heterocycles. The van der Waals surface area contributed by atoms with Gasteiger partial charge in [-0.1, -0.05) is 18.0 Å². The predicted octanol–water partition coefficient (Wildman–Crippen LogP) is 2.53. The number of amides is 3. The highest BCUT2D eigenvalue weighted by Gasteiger charge is 2.51. The molecule has 2 fully saturated rings. The number of carbonyl (C=O) groups is 3. The Morgan fingerprint density at radius 2 is 1.88 bits per heavy atom. The van der Waals surface area contributed by atoms with Crippen LogP contribution in [0.3, 0.4) is 0 Å². The molecule has 8 heteroatoms. The number of nitrogens with zero attached hydrogens (tertiary/aromatic N) is 2. The molecule has 1 aliphatic carbocycles. The van der Waals surface area contributed by atoms with Gasteiger partial charge in [-0.15, -0.1) is 0 Å². The maximum absolute atomic E-state index is 13.0. The average Bonchev–Trinajstić information content (AvgIpc) is 3.08. The number of likely N-dealkylation sites (tertiary alicyclic amines) is 1. The molecule has 1 aliphatic heterocycles. The van der Waals surface area contributed by atoms with Gasteiger partial charge in [-0.2, -0.15) is 11.8 Å². The van der Waals surface area contributed by atoms with Crippen LogP contribution in [0.4, 0.5) is 5.69 Å². The van der Waals surface area contributed by atoms with Crippen LogP contribution in [0.2, 0.25) is 0 Å². The minimum atomic E-state index is -0.790. The van der Waals surface area contributed by atoms with Crippen LogP contribution in [0.25, 0.3) is 0 Å². The molecular formula is C18H25N3O4S. The normalized spacial score (nSPS) is 23.9. The van der Waals surface area contributed by atoms with Crippen molar-refractivity contribution in [3.05, 3.63) is 11.5 Å². The number of thioether (sulfide) groups is 1. The van der Waals surface area contributed by atoms with E-state index in [0.29, 0.717) is 29.3 Å². The van der Waals surface area contributed by atoms with Gasteiger partial charge in [-0.05, 0) is 45.1 Å². The summed E-state index contributed by atoms with van der Waals surface area (Å²) in [6.07, 6.45) is 5.80. The van der Waals surface area contributed by atoms with Gasteiger partial charge in [0.15, 0.2) is 5.76 Å². The Labute approximate surface area is 157 Å². The Kier molecular flexibility index (Phi) is 5.70. The molecule has 0 bridgehead atoms. The van der Waals surface area contributed by atoms with Crippen LogP contribution in [0, 0.1) is 25.7 Å². The predicted molar refractivity (Wildman–Crippen MR) is 98.7 cm³/mol. The van der Waals surface area contributed by atoms with Crippen LogP contribution in [-0.2, 0) is 14.4 Å². The van der Waals surface area contributed by atoms with Gasteiger partial charge in [-0.25, -0.2) is 0 Å². The van der Waals surface area contributed by atoms with E-state index in [0.717, 1.165) is 25.7 Å². The zero-order chi connectivity index (χ0) is 18.8. The highest BCUT2D eigenvalue weighted by molar-refractivity contribution is 7.98. The maximum Gasteiger partial charge on any atom is 0.247 e. The summed E-state index contributed by atoms with van der Waals surface area (Å²) in [6.45, 7) is 3.46. The number of carbonyl (C=O) groups excluding carboxylic acids is 3. The molecule has 3 rings (SSSR count). The summed E-state index contributed by atoms with van der Waals surface area (Å²) in [4.78, 5) is 40.0. The van der Waals surface area contributed by atoms with E-state index in [1.807, 2.05) is 6.26 Å². The lowest BCUT2D eigenvalue weighted by atomic mass is 9.81. The second-order valence-electron chi connectivity index (χ2n) is 7.03. The summed E-state index contributed by atoms with van der Waals surface area (Å²) in [5.41, 5.74) is 1.09. The SMILES string of the molecule is CSCCC(C(=O)Nc1c(C)noc1C)N1C(=O)C2CCCCC2C1=O. The minimum Gasteiger partial charge on any atom is -0.359 e. The van der Waals surface area contributed by atoms with Gasteiger partial charge >= 0.3 is 0 Å². The molecule has 3 atom stereocenters. The summed E-state index contributed by atoms with van der Waals surface area (Å²) in [7, 11) is 0. The van der Waals surface area contributed by atoms with Gasteiger partial charge in [-0.3, -0.25) is 19.3 Å². The molecule has 3 amide bonds. The number of hydrogen-bond acceptors (Lipinski definition) is 6. The number of aryl methyl sites for hydroxylation is 2. The molecule has 1 saturated carbocycles. The Hall–Kier alpha value is -1.83. The number of nitrogens with one attached hydrogen (secondary N) is 1. The maximum atomic E-state index is 13.0. The smallest absolute Gasteiger partial charge is 0.247 e. The third-order valence-electron chi connectivity index (χ3n) is 5.37. The van der Waals surface area contributed by atoms with Gasteiger partial charge in [0, 0.05) is 0 Å². The van der Waals surface area contributed by atoms with E-state index in [9.17, 15) is 14.4 Å². The van der Waals surface area contributed by atoms with Crippen LogP contribution in [0.1, 0.15) is 43.6 Å². The molecule has 3 unspecified atom stereocenters. The molecule has 2 aliphatic rings. The van der Waals surface area contributed by atoms with Crippen molar-refractivity contribution >= 4 is 35.2 Å². The number of fused-ring (bicyclic) bond motifs is 1. The Balaban J connectivity index is 1.84. The van der Waals surface area contributed by atoms with Gasteiger partial charge < -0.3 is 9.84 Å². The summed E-state index contributed by atoms with van der Waals surface area (Å²) >= 11 is 1.59. The fourth-order valence-electron chi connectivity index (χ4n) is 3.97. The molecule has 26 heavy (non-hydrogen) atoms. The molecule has 0 radical (unpaired) electrons. The topological polar surface area (TPSA) is 92.5 Å². The lowest BCUT2D eigenvalue weighted by molar-refractivity contribution is -0.146. The first-order valence-corrected chi connectivity index (χ1v) is 10.4. The lowest BCUT2D eigenvalue weighted by Crippen LogP contribution is -2.48. The van der Waals surface area contributed by atoms with Gasteiger partial charge in [0.2, 0.25) is 17.7 Å². The van der Waals surface area contributed by atoms with E-state index in [1.165, 1.54) is 4.90 Å². The summed E-state index contributed by atoms with van der Waals surface area (Å²) in [5, 5.41) is 6.65. The summed E-state index contributed by atoms with van der Waals surface area (Å²) < 4.78 is 5.09. The molecule has 142 valence electrons. The standard InChI is InChI=1S/C18H25N3O4S/c1-10-15(11(2)25-20-10)19-16(22)14(8-9-26-3)21-17(23)12-6-4-5-7-13(12)18(21)24/h12-14H,4-9H2,1-3H3,(H,19,22). The van der Waals surface area contributed by atoms with Crippen LogP contribution in [0.5, 0.6) is 0 Å². The Bertz CT molecular complexity index is 674. The second kappa shape index (κ2) is 7.82. The van der Waals surface area contributed by atoms with Crippen molar-refractivity contribution in [1.82, 2.24) is 10.1 Å². The number of hydrogen-bond donors (Lipinski definition) is 1. The minimum absolute atomic E-state index is 0.181. The van der Waals surface area contributed by atoms with Crippen LogP contribution >= 0.6 is 11.8 Å². The van der Waals surface area contributed by atoms with Gasteiger partial charge in [0.1, 0.15) is 17.4 Å². The largest absolute Gasteiger partial charge is 0.359 e. The third kappa shape index (κ3) is 3.39. The molecule has 1 aromatic heterocycles. The summed E-state index contributed by atoms with van der Waals surface area (Å²) in [5.74, 6) is -0.0215. The van der Waals surface area contributed by atoms with E-state index in [1.54, 1.807) is 25.6 Å². The van der Waals surface area contributed by atoms with Crippen LogP contribution < -0.4 is 5.32 Å². The molecule has 2 heterocycles. The second-order valence-corrected chi connectivity index (χ2v) is 8.02. The first-order valence-electron chi connectivity index (χ1n) is 9.05. The van der Waals surface area contributed by atoms with Crippen molar-refractivity contribution < 1.29 is 18.9 Å². The van der Waals surface area contributed by atoms with Crippen molar-refractivity contribution in [3.63, 3.8) is 0 Å². The van der Waals surface area contributed by atoms with Crippen molar-refractivity contribution in [1.29, 1.82) is 0 Å². The first kappa shape index (κ1) is 18.9. The highest BCUT2D eigenvalue weighted by atomic mass is 32.2. The molecule has 1 N–H and O–H groups in total. The average molecular weight is 379 g/mol. The zero-order valence-electron chi connectivity index (χ0n) is 15.4. The van der Waals surface area contributed by atoms with Gasteiger partial charge in [0.25, 0.3) is 0 Å². The molecule has 0 aromatic carbocycles. The van der Waals surface area contributed by atoms with Crippen molar-refractivity contribution in [2.45, 2.75) is 52.0 Å². The zero-order valence-corrected chi connectivity index (χ0v) is 16.2. The first-order chi connectivity index (χ1) is 12.5. The highest BCUT2D eigenvalue weighted by Crippen LogP contribution is 2.39. The Morgan fingerprint density at radius 1 is 1.27 bits per heavy atom. The van der Waals surface area contributed by atoms with E-state index >= 15 is 0 Å². The fraction of sp³-hybridized carbons (Fsp3) is 0.667. The Morgan fingerprint density at radius 3 is 2.38 bits per heavy atom. The van der Waals surface area contributed by atoms with E-state index in [4.69, 9.17) is 4.52 Å². The van der Waals surface area contributed by atoms with E-state index in [-0.39, 0.29) is 29.6 Å². The number of aromatic nitrogens is 1. The lowest BCUT2D eigenvalue weighted by Gasteiger charge is -2.25. The molecule has 1 aromatic rings. The number of rotatable bonds is 6. The van der Waals surface area contributed by atoms with Crippen LogP contribution in [-0.4, -0.2) is 45.8 Å². The molecular weight excluding hydrogens is 354 g/mol. The fourth-order valence-corrected chi connectivity index (χ4v) is 4.43. The molecule has 0 spiro atoms. The van der Waals surface area contributed by atoms with E-state index in [2.05, 4.69) is 10.5 Å². The monoisotopic (exact) mass is 379 g/mol. The number of anilines is 1. The number of imide groups is 1. The quantitative estimate of drug-likeness (QED) is 0.764.